The van der Waals surface area contributed by atoms with Crippen molar-refractivity contribution in [1.82, 2.24) is 24.8 Å². The third-order valence-corrected chi connectivity index (χ3v) is 4.98. The molecule has 142 valence electrons. The first-order valence-electron chi connectivity index (χ1n) is 9.39. The Morgan fingerprint density at radius 2 is 2.11 bits per heavy atom. The van der Waals surface area contributed by atoms with Crippen LogP contribution >= 0.6 is 0 Å². The van der Waals surface area contributed by atoms with Crippen molar-refractivity contribution in [1.29, 1.82) is 0 Å². The summed E-state index contributed by atoms with van der Waals surface area (Å²) in [4.78, 5) is 32.1. The fourth-order valence-corrected chi connectivity index (χ4v) is 3.53. The summed E-state index contributed by atoms with van der Waals surface area (Å²) in [7, 11) is 0. The molecule has 28 heavy (non-hydrogen) atoms. The number of carbonyl (C=O) groups is 1. The van der Waals surface area contributed by atoms with Crippen LogP contribution < -0.4 is 5.32 Å². The van der Waals surface area contributed by atoms with Crippen molar-refractivity contribution in [2.45, 2.75) is 32.4 Å². The molecule has 0 aliphatic carbocycles. The summed E-state index contributed by atoms with van der Waals surface area (Å²) in [5, 5.41) is 2.74. The van der Waals surface area contributed by atoms with Crippen molar-refractivity contribution in [2.24, 2.45) is 0 Å². The maximum absolute atomic E-state index is 12.5. The minimum atomic E-state index is -0.285. The summed E-state index contributed by atoms with van der Waals surface area (Å²) in [5.41, 5.74) is 3.58. The SMILES string of the molecule is Cc1cccnc1CN1CCC[C@H]1c1cccc(C(=O)Nc2cnccn2)n1. The van der Waals surface area contributed by atoms with Crippen LogP contribution in [0.1, 0.15) is 46.3 Å². The number of hydrogen-bond acceptors (Lipinski definition) is 6. The van der Waals surface area contributed by atoms with Crippen molar-refractivity contribution in [3.05, 3.63) is 77.8 Å². The number of carbonyl (C=O) groups excluding carboxylic acids is 1. The number of hydrogen-bond donors (Lipinski definition) is 1. The Hall–Kier alpha value is -3.19. The Labute approximate surface area is 163 Å². The van der Waals surface area contributed by atoms with Gasteiger partial charge < -0.3 is 5.32 Å². The van der Waals surface area contributed by atoms with Crippen LogP contribution in [0.5, 0.6) is 0 Å². The van der Waals surface area contributed by atoms with Crippen LogP contribution in [0.25, 0.3) is 0 Å². The number of amides is 1. The van der Waals surface area contributed by atoms with Crippen LogP contribution in [0, 0.1) is 6.92 Å². The Bertz CT molecular complexity index is 962. The quantitative estimate of drug-likeness (QED) is 0.738. The third-order valence-electron chi connectivity index (χ3n) is 4.98. The molecule has 1 atom stereocenters. The maximum Gasteiger partial charge on any atom is 0.275 e. The normalized spacial score (nSPS) is 16.8. The second-order valence-corrected chi connectivity index (χ2v) is 6.89. The summed E-state index contributed by atoms with van der Waals surface area (Å²) < 4.78 is 0. The molecular weight excluding hydrogens is 352 g/mol. The largest absolute Gasteiger partial charge is 0.304 e. The molecule has 1 amide bonds. The molecule has 1 aliphatic heterocycles. The van der Waals surface area contributed by atoms with Gasteiger partial charge in [0.05, 0.1) is 23.6 Å². The number of aromatic nitrogens is 4. The molecule has 1 fully saturated rings. The fourth-order valence-electron chi connectivity index (χ4n) is 3.53. The van der Waals surface area contributed by atoms with Gasteiger partial charge in [0.2, 0.25) is 0 Å². The highest BCUT2D eigenvalue weighted by Crippen LogP contribution is 2.32. The van der Waals surface area contributed by atoms with E-state index in [-0.39, 0.29) is 11.9 Å². The Kier molecular flexibility index (Phi) is 5.34. The van der Waals surface area contributed by atoms with Gasteiger partial charge in [-0.2, -0.15) is 0 Å². The molecule has 1 saturated heterocycles. The van der Waals surface area contributed by atoms with Crippen molar-refractivity contribution in [3.63, 3.8) is 0 Å². The zero-order chi connectivity index (χ0) is 19.3. The van der Waals surface area contributed by atoms with E-state index in [0.717, 1.165) is 37.3 Å². The fraction of sp³-hybridized carbons (Fsp3) is 0.286. The van der Waals surface area contributed by atoms with Crippen molar-refractivity contribution in [2.75, 3.05) is 11.9 Å². The van der Waals surface area contributed by atoms with E-state index in [1.807, 2.05) is 24.4 Å². The highest BCUT2D eigenvalue weighted by atomic mass is 16.1. The average molecular weight is 374 g/mol. The second-order valence-electron chi connectivity index (χ2n) is 6.89. The molecule has 0 saturated carbocycles. The maximum atomic E-state index is 12.5. The molecule has 1 aliphatic rings. The lowest BCUT2D eigenvalue weighted by atomic mass is 10.1. The first kappa shape index (κ1) is 18.2. The Morgan fingerprint density at radius 3 is 2.93 bits per heavy atom. The van der Waals surface area contributed by atoms with Gasteiger partial charge in [0.15, 0.2) is 5.82 Å². The van der Waals surface area contributed by atoms with E-state index >= 15 is 0 Å². The van der Waals surface area contributed by atoms with Crippen molar-refractivity contribution >= 4 is 11.7 Å². The number of likely N-dealkylation sites (tertiary alicyclic amines) is 1. The van der Waals surface area contributed by atoms with E-state index in [9.17, 15) is 4.79 Å². The molecule has 7 nitrogen and oxygen atoms in total. The average Bonchev–Trinajstić information content (AvgIpc) is 3.19. The predicted molar refractivity (Wildman–Crippen MR) is 106 cm³/mol. The summed E-state index contributed by atoms with van der Waals surface area (Å²) in [6.45, 7) is 3.87. The monoisotopic (exact) mass is 374 g/mol. The molecule has 0 bridgehead atoms. The van der Waals surface area contributed by atoms with E-state index in [4.69, 9.17) is 0 Å². The lowest BCUT2D eigenvalue weighted by Crippen LogP contribution is -2.25. The zero-order valence-electron chi connectivity index (χ0n) is 15.7. The predicted octanol–water partition coefficient (Wildman–Crippen LogP) is 3.16. The Balaban J connectivity index is 1.51. The van der Waals surface area contributed by atoms with Gasteiger partial charge >= 0.3 is 0 Å². The van der Waals surface area contributed by atoms with Gasteiger partial charge in [-0.1, -0.05) is 12.1 Å². The van der Waals surface area contributed by atoms with Gasteiger partial charge in [-0.05, 0) is 50.1 Å². The van der Waals surface area contributed by atoms with Gasteiger partial charge in [-0.3, -0.25) is 19.7 Å². The molecule has 7 heteroatoms. The number of aryl methyl sites for hydroxylation is 1. The molecule has 3 aromatic heterocycles. The lowest BCUT2D eigenvalue weighted by Gasteiger charge is -2.24. The van der Waals surface area contributed by atoms with Gasteiger partial charge in [0.1, 0.15) is 5.69 Å². The number of pyridine rings is 2. The first-order valence-corrected chi connectivity index (χ1v) is 9.39. The Morgan fingerprint density at radius 1 is 1.18 bits per heavy atom. The van der Waals surface area contributed by atoms with E-state index < -0.39 is 0 Å². The van der Waals surface area contributed by atoms with E-state index in [1.54, 1.807) is 12.3 Å². The smallest absolute Gasteiger partial charge is 0.275 e. The van der Waals surface area contributed by atoms with Crippen molar-refractivity contribution < 1.29 is 4.79 Å². The summed E-state index contributed by atoms with van der Waals surface area (Å²) >= 11 is 0. The van der Waals surface area contributed by atoms with Gasteiger partial charge in [0.25, 0.3) is 5.91 Å². The van der Waals surface area contributed by atoms with E-state index in [1.165, 1.54) is 18.0 Å². The highest BCUT2D eigenvalue weighted by molar-refractivity contribution is 6.02. The van der Waals surface area contributed by atoms with Crippen LogP contribution in [-0.2, 0) is 6.54 Å². The van der Waals surface area contributed by atoms with E-state index in [0.29, 0.717) is 11.5 Å². The minimum Gasteiger partial charge on any atom is -0.304 e. The van der Waals surface area contributed by atoms with Crippen LogP contribution in [0.2, 0.25) is 0 Å². The van der Waals surface area contributed by atoms with Crippen LogP contribution in [0.4, 0.5) is 5.82 Å². The first-order chi connectivity index (χ1) is 13.7. The highest BCUT2D eigenvalue weighted by Gasteiger charge is 2.28. The minimum absolute atomic E-state index is 0.186. The molecule has 0 radical (unpaired) electrons. The van der Waals surface area contributed by atoms with Crippen molar-refractivity contribution in [3.8, 4) is 0 Å². The van der Waals surface area contributed by atoms with Gasteiger partial charge in [-0.25, -0.2) is 9.97 Å². The van der Waals surface area contributed by atoms with Gasteiger partial charge in [0, 0.05) is 25.1 Å². The molecule has 1 N–H and O–H groups in total. The molecule has 4 heterocycles. The topological polar surface area (TPSA) is 83.9 Å². The summed E-state index contributed by atoms with van der Waals surface area (Å²) in [5.74, 6) is 0.125. The van der Waals surface area contributed by atoms with Crippen LogP contribution in [-0.4, -0.2) is 37.3 Å². The number of nitrogens with one attached hydrogen (secondary N) is 1. The number of nitrogens with zero attached hydrogens (tertiary/aromatic N) is 5. The van der Waals surface area contributed by atoms with Gasteiger partial charge in [-0.15, -0.1) is 0 Å². The molecule has 4 rings (SSSR count). The molecule has 3 aromatic rings. The van der Waals surface area contributed by atoms with Crippen LogP contribution in [0.3, 0.4) is 0 Å². The molecule has 0 spiro atoms. The van der Waals surface area contributed by atoms with Crippen LogP contribution in [0.15, 0.2) is 55.1 Å². The standard InChI is InChI=1S/C21H22N6O/c1-15-5-3-9-23-18(15)14-27-12-4-8-19(27)16-6-2-7-17(25-16)21(28)26-20-13-22-10-11-24-20/h2-3,5-7,9-11,13,19H,4,8,12,14H2,1H3,(H,24,26,28)/t19-/m0/s1. The molecule has 0 unspecified atom stereocenters. The zero-order valence-corrected chi connectivity index (χ0v) is 15.7. The van der Waals surface area contributed by atoms with E-state index in [2.05, 4.69) is 43.1 Å². The third kappa shape index (κ3) is 4.04. The second kappa shape index (κ2) is 8.22. The number of anilines is 1. The number of rotatable bonds is 5. The summed E-state index contributed by atoms with van der Waals surface area (Å²) in [6, 6.07) is 9.83. The summed E-state index contributed by atoms with van der Waals surface area (Å²) in [6.07, 6.45) is 8.57. The lowest BCUT2D eigenvalue weighted by molar-refractivity contribution is 0.102. The molecular formula is C21H22N6O. The molecule has 0 aromatic carbocycles.